The van der Waals surface area contributed by atoms with E-state index in [-0.39, 0.29) is 11.2 Å². The Balaban J connectivity index is 2.31. The summed E-state index contributed by atoms with van der Waals surface area (Å²) >= 11 is 5.59. The number of halogens is 1. The molecule has 0 saturated carbocycles. The van der Waals surface area contributed by atoms with Gasteiger partial charge in [-0.05, 0) is 31.6 Å². The molecule has 0 aliphatic heterocycles. The number of carbonyl (C=O) groups excluding carboxylic acids is 1. The van der Waals surface area contributed by atoms with Crippen LogP contribution in [-0.2, 0) is 11.2 Å². The van der Waals surface area contributed by atoms with E-state index < -0.39 is 0 Å². The van der Waals surface area contributed by atoms with Crippen molar-refractivity contribution in [3.05, 3.63) is 11.1 Å². The second-order valence-electron chi connectivity index (χ2n) is 5.13. The van der Waals surface area contributed by atoms with Gasteiger partial charge in [-0.2, -0.15) is 0 Å². The van der Waals surface area contributed by atoms with Crippen LogP contribution in [0.2, 0.25) is 5.28 Å². The Morgan fingerprint density at radius 3 is 2.63 bits per heavy atom. The Kier molecular flexibility index (Phi) is 6.24. The lowest BCUT2D eigenvalue weighted by atomic mass is 10.0. The minimum absolute atomic E-state index is 0.0139. The van der Waals surface area contributed by atoms with Crippen molar-refractivity contribution < 1.29 is 4.79 Å². The summed E-state index contributed by atoms with van der Waals surface area (Å²) in [4.78, 5) is 17.8. The fourth-order valence-corrected chi connectivity index (χ4v) is 2.08. The van der Waals surface area contributed by atoms with E-state index in [4.69, 9.17) is 11.6 Å². The summed E-state index contributed by atoms with van der Waals surface area (Å²) in [5.74, 6) is 1.14. The number of hydrogen-bond donors (Lipinski definition) is 2. The number of amides is 1. The number of carbonyl (C=O) groups is 1. The molecule has 6 nitrogen and oxygen atoms in total. The number of aromatic nitrogens is 3. The zero-order valence-corrected chi connectivity index (χ0v) is 12.7. The first-order chi connectivity index (χ1) is 8.90. The highest BCUT2D eigenvalue weighted by molar-refractivity contribution is 6.28. The van der Waals surface area contributed by atoms with E-state index in [1.54, 1.807) is 0 Å². The summed E-state index contributed by atoms with van der Waals surface area (Å²) in [6, 6.07) is 0.337. The van der Waals surface area contributed by atoms with Gasteiger partial charge in [-0.25, -0.2) is 4.98 Å². The minimum atomic E-state index is 0.0139. The number of nitrogens with one attached hydrogen (secondary N) is 2. The first kappa shape index (κ1) is 15.9. The van der Waals surface area contributed by atoms with Gasteiger partial charge in [0.25, 0.3) is 0 Å². The third-order valence-electron chi connectivity index (χ3n) is 3.03. The SMILES string of the molecule is CC(C)[C@@H](CNC(=O)CCc1nc(Cl)n[nH]1)N(C)C. The molecule has 19 heavy (non-hydrogen) atoms. The predicted molar refractivity (Wildman–Crippen MR) is 75.0 cm³/mol. The standard InChI is InChI=1S/C12H22ClN5O/c1-8(2)9(18(3)4)7-14-11(19)6-5-10-15-12(13)17-16-10/h8-9H,5-7H2,1-4H3,(H,14,19)(H,15,16,17)/t9-/m1/s1. The normalized spacial score (nSPS) is 13.0. The molecule has 108 valence electrons. The van der Waals surface area contributed by atoms with Crippen molar-refractivity contribution >= 4 is 17.5 Å². The molecule has 1 amide bonds. The van der Waals surface area contributed by atoms with Gasteiger partial charge in [-0.15, -0.1) is 5.10 Å². The topological polar surface area (TPSA) is 73.9 Å². The van der Waals surface area contributed by atoms with Crippen molar-refractivity contribution in [2.45, 2.75) is 32.7 Å². The van der Waals surface area contributed by atoms with Crippen LogP contribution < -0.4 is 5.32 Å². The Labute approximate surface area is 118 Å². The number of H-pyrrole nitrogens is 1. The maximum atomic E-state index is 11.7. The van der Waals surface area contributed by atoms with Gasteiger partial charge in [-0.3, -0.25) is 9.89 Å². The Bertz CT molecular complexity index is 397. The van der Waals surface area contributed by atoms with E-state index in [0.29, 0.717) is 37.2 Å². The van der Waals surface area contributed by atoms with Gasteiger partial charge in [-0.1, -0.05) is 13.8 Å². The second-order valence-corrected chi connectivity index (χ2v) is 5.47. The molecule has 0 radical (unpaired) electrons. The van der Waals surface area contributed by atoms with Crippen LogP contribution in [0, 0.1) is 5.92 Å². The number of rotatable bonds is 7. The fraction of sp³-hybridized carbons (Fsp3) is 0.750. The molecule has 1 aromatic rings. The molecule has 0 aliphatic rings. The van der Waals surface area contributed by atoms with E-state index in [0.717, 1.165) is 0 Å². The van der Waals surface area contributed by atoms with Crippen molar-refractivity contribution in [2.24, 2.45) is 5.92 Å². The van der Waals surface area contributed by atoms with Gasteiger partial charge in [0.15, 0.2) is 0 Å². The summed E-state index contributed by atoms with van der Waals surface area (Å²) in [6.07, 6.45) is 0.892. The van der Waals surface area contributed by atoms with E-state index in [1.165, 1.54) is 0 Å². The van der Waals surface area contributed by atoms with Crippen LogP contribution in [0.15, 0.2) is 0 Å². The highest BCUT2D eigenvalue weighted by atomic mass is 35.5. The smallest absolute Gasteiger partial charge is 0.242 e. The predicted octanol–water partition coefficient (Wildman–Crippen LogP) is 1.09. The molecule has 0 fully saturated rings. The number of aryl methyl sites for hydroxylation is 1. The molecule has 1 heterocycles. The fourth-order valence-electron chi connectivity index (χ4n) is 1.94. The first-order valence-electron chi connectivity index (χ1n) is 6.40. The van der Waals surface area contributed by atoms with Crippen molar-refractivity contribution in [1.82, 2.24) is 25.4 Å². The van der Waals surface area contributed by atoms with Crippen molar-refractivity contribution in [1.29, 1.82) is 0 Å². The van der Waals surface area contributed by atoms with Crippen LogP contribution in [0.4, 0.5) is 0 Å². The van der Waals surface area contributed by atoms with E-state index in [1.807, 2.05) is 14.1 Å². The van der Waals surface area contributed by atoms with E-state index in [2.05, 4.69) is 39.2 Å². The molecule has 0 saturated heterocycles. The molecule has 7 heteroatoms. The third kappa shape index (κ3) is 5.57. The summed E-state index contributed by atoms with van der Waals surface area (Å²) < 4.78 is 0. The average molecular weight is 288 g/mol. The second kappa shape index (κ2) is 7.45. The summed E-state index contributed by atoms with van der Waals surface area (Å²) in [7, 11) is 4.04. The minimum Gasteiger partial charge on any atom is -0.355 e. The first-order valence-corrected chi connectivity index (χ1v) is 6.78. The van der Waals surface area contributed by atoms with E-state index in [9.17, 15) is 4.79 Å². The highest BCUT2D eigenvalue weighted by Crippen LogP contribution is 2.06. The van der Waals surface area contributed by atoms with Crippen LogP contribution in [0.25, 0.3) is 0 Å². The quantitative estimate of drug-likeness (QED) is 0.787. The Morgan fingerprint density at radius 2 is 2.16 bits per heavy atom. The lowest BCUT2D eigenvalue weighted by Crippen LogP contribution is -2.43. The van der Waals surface area contributed by atoms with Crippen molar-refractivity contribution in [3.63, 3.8) is 0 Å². The van der Waals surface area contributed by atoms with Crippen molar-refractivity contribution in [2.75, 3.05) is 20.6 Å². The maximum Gasteiger partial charge on any atom is 0.242 e. The molecule has 0 unspecified atom stereocenters. The number of aromatic amines is 1. The van der Waals surface area contributed by atoms with Gasteiger partial charge in [0.1, 0.15) is 5.82 Å². The van der Waals surface area contributed by atoms with Gasteiger partial charge < -0.3 is 10.2 Å². The molecule has 1 aromatic heterocycles. The number of nitrogens with zero attached hydrogens (tertiary/aromatic N) is 3. The highest BCUT2D eigenvalue weighted by Gasteiger charge is 2.16. The monoisotopic (exact) mass is 287 g/mol. The molecule has 0 spiro atoms. The molecule has 1 rings (SSSR count). The molecule has 2 N–H and O–H groups in total. The molecule has 0 aromatic carbocycles. The van der Waals surface area contributed by atoms with Crippen LogP contribution in [0.3, 0.4) is 0 Å². The number of hydrogen-bond acceptors (Lipinski definition) is 4. The summed E-state index contributed by atoms with van der Waals surface area (Å²) in [5.41, 5.74) is 0. The van der Waals surface area contributed by atoms with Crippen LogP contribution in [-0.4, -0.2) is 52.7 Å². The average Bonchev–Trinajstić information content (AvgIpc) is 2.71. The summed E-state index contributed by atoms with van der Waals surface area (Å²) in [5, 5.41) is 9.52. The van der Waals surface area contributed by atoms with Crippen LogP contribution in [0.5, 0.6) is 0 Å². The van der Waals surface area contributed by atoms with Gasteiger partial charge in [0.2, 0.25) is 11.2 Å². The lowest BCUT2D eigenvalue weighted by Gasteiger charge is -2.28. The molecule has 1 atom stereocenters. The van der Waals surface area contributed by atoms with Gasteiger partial charge in [0.05, 0.1) is 0 Å². The largest absolute Gasteiger partial charge is 0.355 e. The van der Waals surface area contributed by atoms with E-state index >= 15 is 0 Å². The number of likely N-dealkylation sites (N-methyl/N-ethyl adjacent to an activating group) is 1. The molecule has 0 aliphatic carbocycles. The molecule has 0 bridgehead atoms. The zero-order valence-electron chi connectivity index (χ0n) is 11.9. The lowest BCUT2D eigenvalue weighted by molar-refractivity contribution is -0.121. The third-order valence-corrected chi connectivity index (χ3v) is 3.20. The van der Waals surface area contributed by atoms with Gasteiger partial charge in [0, 0.05) is 25.4 Å². The van der Waals surface area contributed by atoms with Gasteiger partial charge >= 0.3 is 0 Å². The zero-order chi connectivity index (χ0) is 14.4. The summed E-state index contributed by atoms with van der Waals surface area (Å²) in [6.45, 7) is 4.95. The molecular formula is C12H22ClN5O. The molecular weight excluding hydrogens is 266 g/mol. The Morgan fingerprint density at radius 1 is 1.47 bits per heavy atom. The van der Waals surface area contributed by atoms with Crippen molar-refractivity contribution in [3.8, 4) is 0 Å². The Hall–Kier alpha value is -1.14. The maximum absolute atomic E-state index is 11.7. The van der Waals surface area contributed by atoms with Crippen LogP contribution >= 0.6 is 11.6 Å². The van der Waals surface area contributed by atoms with Crippen LogP contribution in [0.1, 0.15) is 26.1 Å².